The average Bonchev–Trinajstić information content (AvgIpc) is 3.76. The summed E-state index contributed by atoms with van der Waals surface area (Å²) in [5, 5.41) is 45.9. The molecule has 0 aliphatic heterocycles. The molecular weight excluding hydrogens is 800 g/mol. The molecule has 2 aliphatic rings. The number of aromatic amines is 2. The van der Waals surface area contributed by atoms with Gasteiger partial charge in [0.05, 0.1) is 58.2 Å². The number of rotatable bonds is 9. The highest BCUT2D eigenvalue weighted by molar-refractivity contribution is 6.30. The fourth-order valence-corrected chi connectivity index (χ4v) is 8.13. The Morgan fingerprint density at radius 1 is 0.797 bits per heavy atom. The smallest absolute Gasteiger partial charge is 0.486 e. The van der Waals surface area contributed by atoms with Crippen LogP contribution in [0, 0.1) is 40.3 Å². The molecule has 4 heterocycles. The van der Waals surface area contributed by atoms with Gasteiger partial charge in [-0.3, -0.25) is 19.0 Å². The standard InChI is InChI=1S/C39H33ClF4N10O5/c40-25-5-1-21(15-26(25)41)49-35-33-30(10-12-47-37(33)56)54(51-35)28-7-4-24(14-20(28)18-46)58-32-16-22(2-8-31(32)59-39(42,43)44)50-36-34-29(9-11-48-38(34)57)53(52-36)27-6-3-23(55)13-19(27)17-45/h1-2,5,8-12,15-16,19-20,23-24,27-28,55H,3-4,6-7,13-14H2,(H,47,56)(H,48,57)(H,49,51)(H,50,52)/t19-,20-,23-,24-,27+,28+/m1/s1. The lowest BCUT2D eigenvalue weighted by molar-refractivity contribution is -0.275. The fraction of sp³-hybridized carbons (Fsp3) is 0.333. The number of halogens is 5. The number of aliphatic hydroxyl groups is 1. The van der Waals surface area contributed by atoms with Crippen LogP contribution in [0.2, 0.25) is 5.02 Å². The van der Waals surface area contributed by atoms with Crippen molar-refractivity contribution in [1.82, 2.24) is 29.5 Å². The lowest BCUT2D eigenvalue weighted by Crippen LogP contribution is -2.33. The number of alkyl halides is 3. The van der Waals surface area contributed by atoms with Crippen LogP contribution < -0.4 is 31.2 Å². The van der Waals surface area contributed by atoms with E-state index >= 15 is 0 Å². The number of anilines is 4. The third-order valence-corrected chi connectivity index (χ3v) is 11.0. The zero-order chi connectivity index (χ0) is 41.6. The molecule has 0 bridgehead atoms. The van der Waals surface area contributed by atoms with Gasteiger partial charge in [0.15, 0.2) is 23.1 Å². The van der Waals surface area contributed by atoms with Crippen LogP contribution >= 0.6 is 11.6 Å². The number of nitriles is 2. The summed E-state index contributed by atoms with van der Waals surface area (Å²) in [4.78, 5) is 31.3. The molecule has 4 aromatic heterocycles. The zero-order valence-corrected chi connectivity index (χ0v) is 31.4. The number of nitrogens with one attached hydrogen (secondary N) is 4. The normalized spacial score (nSPS) is 22.1. The van der Waals surface area contributed by atoms with Crippen molar-refractivity contribution < 1.29 is 32.1 Å². The first-order valence-corrected chi connectivity index (χ1v) is 18.9. The largest absolute Gasteiger partial charge is 0.573 e. The van der Waals surface area contributed by atoms with E-state index in [1.165, 1.54) is 36.7 Å². The molecule has 0 radical (unpaired) electrons. The summed E-state index contributed by atoms with van der Waals surface area (Å²) in [7, 11) is 0. The predicted octanol–water partition coefficient (Wildman–Crippen LogP) is 7.48. The maximum Gasteiger partial charge on any atom is 0.573 e. The fourth-order valence-electron chi connectivity index (χ4n) is 8.01. The molecule has 5 N–H and O–H groups in total. The van der Waals surface area contributed by atoms with Crippen LogP contribution in [0.3, 0.4) is 0 Å². The molecule has 20 heteroatoms. The summed E-state index contributed by atoms with van der Waals surface area (Å²) in [5.41, 5.74) is 0.306. The first-order valence-electron chi connectivity index (χ1n) is 18.5. The number of aromatic nitrogens is 6. The summed E-state index contributed by atoms with van der Waals surface area (Å²) >= 11 is 5.84. The monoisotopic (exact) mass is 832 g/mol. The Morgan fingerprint density at radius 2 is 1.36 bits per heavy atom. The summed E-state index contributed by atoms with van der Waals surface area (Å²) < 4.78 is 68.8. The second kappa shape index (κ2) is 15.6. The number of nitrogens with zero attached hydrogens (tertiary/aromatic N) is 6. The summed E-state index contributed by atoms with van der Waals surface area (Å²) in [6.45, 7) is 0. The van der Waals surface area contributed by atoms with E-state index in [4.69, 9.17) is 16.3 Å². The van der Waals surface area contributed by atoms with Gasteiger partial charge in [0, 0.05) is 36.3 Å². The van der Waals surface area contributed by atoms with Crippen LogP contribution in [0.4, 0.5) is 40.6 Å². The van der Waals surface area contributed by atoms with Crippen LogP contribution in [-0.4, -0.2) is 53.2 Å². The number of ether oxygens (including phenoxy) is 2. The van der Waals surface area contributed by atoms with E-state index in [-0.39, 0.29) is 70.2 Å². The SMILES string of the molecule is N#C[C@H]1C[C@H](O)CC[C@@H]1n1nc(Nc2ccc(OC(F)(F)F)c(O[C@@H]3CC[C@H](n4nc(Nc5ccc(Cl)c(F)c5)c5c(=O)[nH]ccc54)[C@@H](C#N)C3)c2)c2c(=O)[nH]ccc21. The minimum absolute atomic E-state index is 0.0561. The molecule has 15 nitrogen and oxygen atoms in total. The Kier molecular flexibility index (Phi) is 10.4. The van der Waals surface area contributed by atoms with E-state index in [1.54, 1.807) is 21.5 Å². The molecule has 8 rings (SSSR count). The van der Waals surface area contributed by atoms with Gasteiger partial charge in [-0.1, -0.05) is 11.6 Å². The highest BCUT2D eigenvalue weighted by Crippen LogP contribution is 2.42. The van der Waals surface area contributed by atoms with Gasteiger partial charge in [0.25, 0.3) is 11.1 Å². The lowest BCUT2D eigenvalue weighted by Gasteiger charge is -2.33. The van der Waals surface area contributed by atoms with Gasteiger partial charge in [0.2, 0.25) is 0 Å². The van der Waals surface area contributed by atoms with Crippen molar-refractivity contribution in [3.63, 3.8) is 0 Å². The Balaban J connectivity index is 1.07. The van der Waals surface area contributed by atoms with E-state index in [2.05, 4.69) is 47.7 Å². The number of H-pyrrole nitrogens is 2. The molecule has 0 amide bonds. The van der Waals surface area contributed by atoms with E-state index in [1.807, 2.05) is 0 Å². The maximum absolute atomic E-state index is 14.2. The number of pyridine rings is 2. The van der Waals surface area contributed by atoms with Crippen molar-refractivity contribution in [1.29, 1.82) is 10.5 Å². The van der Waals surface area contributed by atoms with Gasteiger partial charge < -0.3 is 35.2 Å². The first kappa shape index (κ1) is 39.3. The number of hydrogen-bond donors (Lipinski definition) is 5. The number of benzene rings is 2. The Hall–Kier alpha value is -6.57. The molecule has 0 saturated heterocycles. The lowest BCUT2D eigenvalue weighted by atomic mass is 9.83. The quantitative estimate of drug-likeness (QED) is 0.0902. The second-order valence-electron chi connectivity index (χ2n) is 14.4. The summed E-state index contributed by atoms with van der Waals surface area (Å²) in [6.07, 6.45) is -1.96. The zero-order valence-electron chi connectivity index (χ0n) is 30.6. The van der Waals surface area contributed by atoms with Gasteiger partial charge in [-0.15, -0.1) is 13.2 Å². The predicted molar refractivity (Wildman–Crippen MR) is 206 cm³/mol. The molecule has 59 heavy (non-hydrogen) atoms. The molecule has 2 aliphatic carbocycles. The second-order valence-corrected chi connectivity index (χ2v) is 14.8. The molecule has 6 aromatic rings. The first-order chi connectivity index (χ1) is 28.3. The Morgan fingerprint density at radius 3 is 1.93 bits per heavy atom. The van der Waals surface area contributed by atoms with Gasteiger partial charge in [-0.2, -0.15) is 20.7 Å². The average molecular weight is 833 g/mol. The highest BCUT2D eigenvalue weighted by atomic mass is 35.5. The third-order valence-electron chi connectivity index (χ3n) is 10.7. The number of aliphatic hydroxyl groups excluding tert-OH is 1. The number of hydrogen-bond acceptors (Lipinski definition) is 11. The molecule has 6 atom stereocenters. The van der Waals surface area contributed by atoms with E-state index in [9.17, 15) is 42.8 Å². The molecule has 2 saturated carbocycles. The molecule has 2 aromatic carbocycles. The van der Waals surface area contributed by atoms with Crippen molar-refractivity contribution in [2.45, 2.75) is 69.2 Å². The van der Waals surface area contributed by atoms with E-state index in [0.29, 0.717) is 23.9 Å². The van der Waals surface area contributed by atoms with Gasteiger partial charge >= 0.3 is 6.36 Å². The molecule has 304 valence electrons. The summed E-state index contributed by atoms with van der Waals surface area (Å²) in [6, 6.07) is 14.3. The van der Waals surface area contributed by atoms with Crippen molar-refractivity contribution >= 4 is 56.4 Å². The van der Waals surface area contributed by atoms with Crippen molar-refractivity contribution in [3.05, 3.63) is 92.5 Å². The van der Waals surface area contributed by atoms with Crippen LogP contribution in [-0.2, 0) is 0 Å². The third kappa shape index (κ3) is 7.86. The van der Waals surface area contributed by atoms with Crippen molar-refractivity contribution in [2.24, 2.45) is 11.8 Å². The van der Waals surface area contributed by atoms with Crippen LogP contribution in [0.5, 0.6) is 11.5 Å². The Labute approximate surface area is 335 Å². The minimum atomic E-state index is -5.07. The van der Waals surface area contributed by atoms with Gasteiger partial charge in [0.1, 0.15) is 22.7 Å². The van der Waals surface area contributed by atoms with Crippen LogP contribution in [0.15, 0.2) is 70.5 Å². The van der Waals surface area contributed by atoms with Crippen molar-refractivity contribution in [2.75, 3.05) is 10.6 Å². The van der Waals surface area contributed by atoms with Crippen LogP contribution in [0.25, 0.3) is 21.8 Å². The van der Waals surface area contributed by atoms with E-state index in [0.717, 1.165) is 12.1 Å². The molecule has 2 fully saturated rings. The molecule has 0 unspecified atom stereocenters. The van der Waals surface area contributed by atoms with Crippen LogP contribution in [0.1, 0.15) is 50.6 Å². The highest BCUT2D eigenvalue weighted by Gasteiger charge is 2.38. The Bertz CT molecular complexity index is 2770. The molecule has 0 spiro atoms. The van der Waals surface area contributed by atoms with E-state index < -0.39 is 65.2 Å². The summed E-state index contributed by atoms with van der Waals surface area (Å²) in [5.74, 6) is -2.82. The molecular formula is C39H33ClF4N10O5. The minimum Gasteiger partial charge on any atom is -0.486 e. The van der Waals surface area contributed by atoms with Gasteiger partial charge in [-0.05, 0) is 74.6 Å². The van der Waals surface area contributed by atoms with Gasteiger partial charge in [-0.25, -0.2) is 4.39 Å². The number of fused-ring (bicyclic) bond motifs is 2. The topological polar surface area (TPSA) is 212 Å². The maximum atomic E-state index is 14.2. The van der Waals surface area contributed by atoms with Crippen molar-refractivity contribution in [3.8, 4) is 23.6 Å².